The molecule has 1 rings (SSSR count). The van der Waals surface area contributed by atoms with Crippen LogP contribution in [0.1, 0.15) is 20.3 Å². The van der Waals surface area contributed by atoms with Crippen LogP contribution in [-0.4, -0.2) is 24.1 Å². The maximum Gasteiger partial charge on any atom is 0.328 e. The Hall–Kier alpha value is -1.98. The van der Waals surface area contributed by atoms with E-state index >= 15 is 0 Å². The highest BCUT2D eigenvalue weighted by atomic mass is 16.5. The molecule has 1 heterocycles. The molecule has 0 aliphatic carbocycles. The van der Waals surface area contributed by atoms with Crippen molar-refractivity contribution in [2.45, 2.75) is 26.3 Å². The molecule has 18 heavy (non-hydrogen) atoms. The SMILES string of the molecule is COC(=O)C(CC(C)C)Nc1ccc(N)c(N)n1. The second-order valence-electron chi connectivity index (χ2n) is 4.52. The molecule has 1 unspecified atom stereocenters. The monoisotopic (exact) mass is 252 g/mol. The summed E-state index contributed by atoms with van der Waals surface area (Å²) in [7, 11) is 1.36. The van der Waals surface area contributed by atoms with Gasteiger partial charge in [-0.25, -0.2) is 9.78 Å². The minimum atomic E-state index is -0.439. The number of nitrogens with zero attached hydrogens (tertiary/aromatic N) is 1. The number of methoxy groups -OCH3 is 1. The van der Waals surface area contributed by atoms with Gasteiger partial charge in [-0.1, -0.05) is 13.8 Å². The molecule has 6 nitrogen and oxygen atoms in total. The number of anilines is 3. The number of aromatic nitrogens is 1. The average molecular weight is 252 g/mol. The molecule has 1 aromatic rings. The molecule has 0 saturated carbocycles. The van der Waals surface area contributed by atoms with Crippen molar-refractivity contribution in [3.63, 3.8) is 0 Å². The van der Waals surface area contributed by atoms with Gasteiger partial charge in [0.1, 0.15) is 17.7 Å². The summed E-state index contributed by atoms with van der Waals surface area (Å²) >= 11 is 0. The average Bonchev–Trinajstić information content (AvgIpc) is 2.31. The van der Waals surface area contributed by atoms with E-state index in [4.69, 9.17) is 16.2 Å². The Morgan fingerprint density at radius 1 is 1.44 bits per heavy atom. The lowest BCUT2D eigenvalue weighted by Gasteiger charge is -2.19. The smallest absolute Gasteiger partial charge is 0.328 e. The van der Waals surface area contributed by atoms with Crippen molar-refractivity contribution in [3.05, 3.63) is 12.1 Å². The molecule has 0 spiro atoms. The van der Waals surface area contributed by atoms with E-state index in [9.17, 15) is 4.79 Å². The Labute approximate surface area is 107 Å². The molecule has 0 amide bonds. The molecule has 0 bridgehead atoms. The van der Waals surface area contributed by atoms with Crippen molar-refractivity contribution >= 4 is 23.3 Å². The van der Waals surface area contributed by atoms with Crippen LogP contribution in [0.4, 0.5) is 17.3 Å². The molecule has 1 atom stereocenters. The minimum absolute atomic E-state index is 0.244. The summed E-state index contributed by atoms with van der Waals surface area (Å²) in [6, 6.07) is 2.89. The van der Waals surface area contributed by atoms with Gasteiger partial charge in [0.25, 0.3) is 0 Å². The van der Waals surface area contributed by atoms with Crippen LogP contribution in [0.5, 0.6) is 0 Å². The van der Waals surface area contributed by atoms with E-state index in [1.54, 1.807) is 12.1 Å². The molecule has 0 aromatic carbocycles. The fraction of sp³-hybridized carbons (Fsp3) is 0.500. The van der Waals surface area contributed by atoms with Crippen molar-refractivity contribution in [1.29, 1.82) is 0 Å². The Bertz CT molecular complexity index is 421. The second-order valence-corrected chi connectivity index (χ2v) is 4.52. The Morgan fingerprint density at radius 2 is 2.11 bits per heavy atom. The fourth-order valence-corrected chi connectivity index (χ4v) is 1.57. The number of esters is 1. The molecule has 100 valence electrons. The van der Waals surface area contributed by atoms with Gasteiger partial charge in [0.15, 0.2) is 0 Å². The predicted octanol–water partition coefficient (Wildman–Crippen LogP) is 1.25. The number of carbonyl (C=O) groups is 1. The second kappa shape index (κ2) is 6.09. The normalized spacial score (nSPS) is 12.2. The third kappa shape index (κ3) is 3.80. The number of ether oxygens (including phenoxy) is 1. The molecular formula is C12H20N4O2. The number of hydrogen-bond donors (Lipinski definition) is 3. The number of carbonyl (C=O) groups excluding carboxylic acids is 1. The van der Waals surface area contributed by atoms with Gasteiger partial charge < -0.3 is 21.5 Å². The van der Waals surface area contributed by atoms with E-state index < -0.39 is 6.04 Å². The fourth-order valence-electron chi connectivity index (χ4n) is 1.57. The highest BCUT2D eigenvalue weighted by Gasteiger charge is 2.20. The summed E-state index contributed by atoms with van der Waals surface area (Å²) in [6.45, 7) is 4.06. The zero-order valence-electron chi connectivity index (χ0n) is 10.9. The number of nitrogen functional groups attached to an aromatic ring is 2. The third-order valence-electron chi connectivity index (χ3n) is 2.47. The summed E-state index contributed by atoms with van der Waals surface area (Å²) in [4.78, 5) is 15.7. The zero-order valence-corrected chi connectivity index (χ0v) is 10.9. The van der Waals surface area contributed by atoms with Gasteiger partial charge in [0.05, 0.1) is 12.8 Å². The third-order valence-corrected chi connectivity index (χ3v) is 2.47. The lowest BCUT2D eigenvalue weighted by Crippen LogP contribution is -2.32. The predicted molar refractivity (Wildman–Crippen MR) is 71.9 cm³/mol. The van der Waals surface area contributed by atoms with Gasteiger partial charge in [-0.2, -0.15) is 0 Å². The van der Waals surface area contributed by atoms with Crippen molar-refractivity contribution in [1.82, 2.24) is 4.98 Å². The Morgan fingerprint density at radius 3 is 2.61 bits per heavy atom. The van der Waals surface area contributed by atoms with Crippen molar-refractivity contribution < 1.29 is 9.53 Å². The zero-order chi connectivity index (χ0) is 13.7. The number of rotatable bonds is 5. The molecule has 0 saturated heterocycles. The van der Waals surface area contributed by atoms with Gasteiger partial charge in [0, 0.05) is 0 Å². The molecule has 0 radical (unpaired) electrons. The number of nitrogens with two attached hydrogens (primary N) is 2. The maximum absolute atomic E-state index is 11.6. The first-order valence-corrected chi connectivity index (χ1v) is 5.80. The Kier molecular flexibility index (Phi) is 4.76. The lowest BCUT2D eigenvalue weighted by atomic mass is 10.0. The first kappa shape index (κ1) is 14.1. The molecule has 0 fully saturated rings. The molecule has 0 aliphatic heterocycles. The van der Waals surface area contributed by atoms with E-state index in [0.29, 0.717) is 23.8 Å². The molecule has 0 aliphatic rings. The van der Waals surface area contributed by atoms with Crippen LogP contribution >= 0.6 is 0 Å². The summed E-state index contributed by atoms with van der Waals surface area (Å²) in [5.74, 6) is 0.791. The molecule has 6 heteroatoms. The van der Waals surface area contributed by atoms with Gasteiger partial charge in [-0.05, 0) is 24.5 Å². The topological polar surface area (TPSA) is 103 Å². The van der Waals surface area contributed by atoms with E-state index in [-0.39, 0.29) is 11.8 Å². The first-order chi connectivity index (χ1) is 8.43. The largest absolute Gasteiger partial charge is 0.467 e. The molecule has 1 aromatic heterocycles. The van der Waals surface area contributed by atoms with Gasteiger partial charge >= 0.3 is 5.97 Å². The molecule has 5 N–H and O–H groups in total. The summed E-state index contributed by atoms with van der Waals surface area (Å²) in [5, 5.41) is 3.01. The van der Waals surface area contributed by atoms with E-state index in [0.717, 1.165) is 0 Å². The van der Waals surface area contributed by atoms with E-state index in [1.807, 2.05) is 13.8 Å². The first-order valence-electron chi connectivity index (χ1n) is 5.80. The van der Waals surface area contributed by atoms with Gasteiger partial charge in [-0.15, -0.1) is 0 Å². The van der Waals surface area contributed by atoms with Crippen LogP contribution in [0.25, 0.3) is 0 Å². The van der Waals surface area contributed by atoms with Crippen molar-refractivity contribution in [3.8, 4) is 0 Å². The molecular weight excluding hydrogens is 232 g/mol. The van der Waals surface area contributed by atoms with Crippen molar-refractivity contribution in [2.75, 3.05) is 23.9 Å². The van der Waals surface area contributed by atoms with Crippen LogP contribution in [0.2, 0.25) is 0 Å². The van der Waals surface area contributed by atoms with E-state index in [2.05, 4.69) is 10.3 Å². The Balaban J connectivity index is 2.81. The number of nitrogens with one attached hydrogen (secondary N) is 1. The van der Waals surface area contributed by atoms with Gasteiger partial charge in [0.2, 0.25) is 0 Å². The van der Waals surface area contributed by atoms with Gasteiger partial charge in [-0.3, -0.25) is 0 Å². The highest BCUT2D eigenvalue weighted by Crippen LogP contribution is 2.17. The van der Waals surface area contributed by atoms with Crippen LogP contribution in [-0.2, 0) is 9.53 Å². The number of pyridine rings is 1. The van der Waals surface area contributed by atoms with Crippen LogP contribution in [0.3, 0.4) is 0 Å². The summed E-state index contributed by atoms with van der Waals surface area (Å²) in [5.41, 5.74) is 11.6. The quantitative estimate of drug-likeness (QED) is 0.681. The van der Waals surface area contributed by atoms with E-state index in [1.165, 1.54) is 7.11 Å². The minimum Gasteiger partial charge on any atom is -0.467 e. The highest BCUT2D eigenvalue weighted by molar-refractivity contribution is 5.79. The van der Waals surface area contributed by atoms with Crippen LogP contribution in [0, 0.1) is 5.92 Å². The van der Waals surface area contributed by atoms with Crippen LogP contribution in [0.15, 0.2) is 12.1 Å². The lowest BCUT2D eigenvalue weighted by molar-refractivity contribution is -0.141. The number of hydrogen-bond acceptors (Lipinski definition) is 6. The van der Waals surface area contributed by atoms with Crippen LogP contribution < -0.4 is 16.8 Å². The maximum atomic E-state index is 11.6. The summed E-state index contributed by atoms with van der Waals surface area (Å²) in [6.07, 6.45) is 0.651. The van der Waals surface area contributed by atoms with Crippen molar-refractivity contribution in [2.24, 2.45) is 5.92 Å². The summed E-state index contributed by atoms with van der Waals surface area (Å²) < 4.78 is 4.75. The standard InChI is InChI=1S/C12H20N4O2/c1-7(2)6-9(12(17)18-3)15-10-5-4-8(13)11(14)16-10/h4-5,7,9H,6,13H2,1-3H3,(H3,14,15,16).